The zero-order valence-electron chi connectivity index (χ0n) is 11.2. The van der Waals surface area contributed by atoms with Crippen molar-refractivity contribution in [2.75, 3.05) is 12.0 Å². The van der Waals surface area contributed by atoms with E-state index in [-0.39, 0.29) is 23.7 Å². The van der Waals surface area contributed by atoms with Crippen LogP contribution in [0, 0.1) is 0 Å². The van der Waals surface area contributed by atoms with Gasteiger partial charge >= 0.3 is 0 Å². The number of nitrogen functional groups attached to an aromatic ring is 1. The van der Waals surface area contributed by atoms with Crippen molar-refractivity contribution in [1.82, 2.24) is 20.6 Å². The predicted octanol–water partition coefficient (Wildman–Crippen LogP) is -0.593. The third-order valence-electron chi connectivity index (χ3n) is 1.96. The van der Waals surface area contributed by atoms with Crippen LogP contribution < -0.4 is 21.9 Å². The second-order valence-electron chi connectivity index (χ2n) is 4.91. The molecule has 8 heteroatoms. The quantitative estimate of drug-likeness (QED) is 0.426. The number of nitrogens with zero attached hydrogens (tertiary/aromatic N) is 2. The van der Waals surface area contributed by atoms with E-state index in [1.807, 2.05) is 20.8 Å². The lowest BCUT2D eigenvalue weighted by atomic mass is 10.1. The fourth-order valence-electron chi connectivity index (χ4n) is 1.23. The zero-order chi connectivity index (χ0) is 14.5. The number of nitrogens with two attached hydrogens (primary N) is 1. The third kappa shape index (κ3) is 5.30. The number of hydrogen-bond acceptors (Lipinski definition) is 6. The van der Waals surface area contributed by atoms with Gasteiger partial charge in [-0.05, 0) is 20.8 Å². The Morgan fingerprint density at radius 1 is 1.26 bits per heavy atom. The summed E-state index contributed by atoms with van der Waals surface area (Å²) in [5, 5.41) is 5.18. The SMILES string of the molecule is CC(C)(C)NC(=O)CNC(=O)c1cnc(NN)cn1. The summed E-state index contributed by atoms with van der Waals surface area (Å²) in [6.07, 6.45) is 2.59. The van der Waals surface area contributed by atoms with Crippen molar-refractivity contribution in [1.29, 1.82) is 0 Å². The Labute approximate surface area is 111 Å². The van der Waals surface area contributed by atoms with Crippen molar-refractivity contribution in [2.24, 2.45) is 5.84 Å². The smallest absolute Gasteiger partial charge is 0.271 e. The lowest BCUT2D eigenvalue weighted by molar-refractivity contribution is -0.121. The molecule has 0 saturated carbocycles. The lowest BCUT2D eigenvalue weighted by Gasteiger charge is -2.20. The van der Waals surface area contributed by atoms with E-state index in [1.165, 1.54) is 12.4 Å². The van der Waals surface area contributed by atoms with E-state index in [2.05, 4.69) is 26.0 Å². The average molecular weight is 266 g/mol. The van der Waals surface area contributed by atoms with Crippen molar-refractivity contribution in [3.8, 4) is 0 Å². The first-order valence-corrected chi connectivity index (χ1v) is 5.69. The summed E-state index contributed by atoms with van der Waals surface area (Å²) in [5.41, 5.74) is 2.08. The molecule has 0 spiro atoms. The van der Waals surface area contributed by atoms with Crippen LogP contribution in [0.4, 0.5) is 5.82 Å². The van der Waals surface area contributed by atoms with Crippen LogP contribution in [0.5, 0.6) is 0 Å². The van der Waals surface area contributed by atoms with Crippen molar-refractivity contribution in [3.63, 3.8) is 0 Å². The molecule has 8 nitrogen and oxygen atoms in total. The number of hydrogen-bond donors (Lipinski definition) is 4. The molecule has 0 radical (unpaired) electrons. The largest absolute Gasteiger partial charge is 0.350 e. The summed E-state index contributed by atoms with van der Waals surface area (Å²) in [5.74, 6) is 4.73. The Balaban J connectivity index is 2.49. The Kier molecular flexibility index (Phi) is 4.76. The van der Waals surface area contributed by atoms with Gasteiger partial charge in [-0.25, -0.2) is 15.8 Å². The van der Waals surface area contributed by atoms with Crippen LogP contribution >= 0.6 is 0 Å². The van der Waals surface area contributed by atoms with Crippen LogP contribution in [0.3, 0.4) is 0 Å². The number of hydrazine groups is 1. The minimum absolute atomic E-state index is 0.113. The highest BCUT2D eigenvalue weighted by Gasteiger charge is 2.15. The van der Waals surface area contributed by atoms with Gasteiger partial charge in [0.2, 0.25) is 5.91 Å². The molecule has 2 amide bonds. The summed E-state index contributed by atoms with van der Waals surface area (Å²) < 4.78 is 0. The number of carbonyl (C=O) groups is 2. The molecule has 0 saturated heterocycles. The summed E-state index contributed by atoms with van der Waals surface area (Å²) in [6, 6.07) is 0. The highest BCUT2D eigenvalue weighted by molar-refractivity contribution is 5.94. The van der Waals surface area contributed by atoms with E-state index < -0.39 is 5.91 Å². The van der Waals surface area contributed by atoms with E-state index in [0.717, 1.165) is 0 Å². The number of anilines is 1. The number of aromatic nitrogens is 2. The molecule has 0 unspecified atom stereocenters. The molecule has 0 aliphatic carbocycles. The standard InChI is InChI=1S/C11H18N6O2/c1-11(2,3)16-9(18)6-15-10(19)7-4-14-8(17-12)5-13-7/h4-5H,6,12H2,1-3H3,(H,14,17)(H,15,19)(H,16,18). The van der Waals surface area contributed by atoms with E-state index in [0.29, 0.717) is 5.82 Å². The molecule has 1 rings (SSSR count). The predicted molar refractivity (Wildman–Crippen MR) is 70.1 cm³/mol. The van der Waals surface area contributed by atoms with Crippen molar-refractivity contribution in [2.45, 2.75) is 26.3 Å². The van der Waals surface area contributed by atoms with Gasteiger partial charge in [0.1, 0.15) is 5.69 Å². The van der Waals surface area contributed by atoms with Crippen LogP contribution in [0.2, 0.25) is 0 Å². The summed E-state index contributed by atoms with van der Waals surface area (Å²) in [7, 11) is 0. The van der Waals surface area contributed by atoms with Crippen LogP contribution in [-0.2, 0) is 4.79 Å². The maximum Gasteiger partial charge on any atom is 0.271 e. The highest BCUT2D eigenvalue weighted by Crippen LogP contribution is 1.99. The van der Waals surface area contributed by atoms with Crippen LogP contribution in [0.1, 0.15) is 31.3 Å². The molecule has 0 fully saturated rings. The molecule has 1 aromatic heterocycles. The second-order valence-corrected chi connectivity index (χ2v) is 4.91. The molecule has 0 aromatic carbocycles. The Morgan fingerprint density at radius 3 is 2.42 bits per heavy atom. The number of carbonyl (C=O) groups excluding carboxylic acids is 2. The van der Waals surface area contributed by atoms with E-state index in [1.54, 1.807) is 0 Å². The maximum atomic E-state index is 11.7. The first-order valence-electron chi connectivity index (χ1n) is 5.69. The highest BCUT2D eigenvalue weighted by atomic mass is 16.2. The second kappa shape index (κ2) is 6.10. The van der Waals surface area contributed by atoms with E-state index >= 15 is 0 Å². The minimum atomic E-state index is -0.472. The van der Waals surface area contributed by atoms with Crippen molar-refractivity contribution >= 4 is 17.6 Å². The Hall–Kier alpha value is -2.22. The molecule has 1 heterocycles. The molecule has 0 atom stereocenters. The van der Waals surface area contributed by atoms with Gasteiger partial charge < -0.3 is 16.1 Å². The first-order chi connectivity index (χ1) is 8.81. The molecule has 5 N–H and O–H groups in total. The minimum Gasteiger partial charge on any atom is -0.350 e. The van der Waals surface area contributed by atoms with Crippen molar-refractivity contribution in [3.05, 3.63) is 18.1 Å². The monoisotopic (exact) mass is 266 g/mol. The van der Waals surface area contributed by atoms with Gasteiger partial charge in [0.05, 0.1) is 18.9 Å². The summed E-state index contributed by atoms with van der Waals surface area (Å²) in [6.45, 7) is 5.46. The fourth-order valence-corrected chi connectivity index (χ4v) is 1.23. The van der Waals surface area contributed by atoms with Gasteiger partial charge in [-0.3, -0.25) is 9.59 Å². The first kappa shape index (κ1) is 14.8. The fraction of sp³-hybridized carbons (Fsp3) is 0.455. The van der Waals surface area contributed by atoms with Gasteiger partial charge in [0, 0.05) is 5.54 Å². The lowest BCUT2D eigenvalue weighted by Crippen LogP contribution is -2.45. The molecule has 0 bridgehead atoms. The molecule has 19 heavy (non-hydrogen) atoms. The van der Waals surface area contributed by atoms with Gasteiger partial charge in [0.15, 0.2) is 5.82 Å². The maximum absolute atomic E-state index is 11.7. The van der Waals surface area contributed by atoms with Gasteiger partial charge in [-0.1, -0.05) is 0 Å². The Bertz CT molecular complexity index is 451. The average Bonchev–Trinajstić information content (AvgIpc) is 2.34. The number of rotatable bonds is 4. The normalized spacial score (nSPS) is 10.7. The number of nitrogens with one attached hydrogen (secondary N) is 3. The summed E-state index contributed by atoms with van der Waals surface area (Å²) in [4.78, 5) is 30.9. The molecule has 104 valence electrons. The third-order valence-corrected chi connectivity index (χ3v) is 1.96. The molecule has 0 aliphatic rings. The van der Waals surface area contributed by atoms with Gasteiger partial charge in [-0.15, -0.1) is 0 Å². The zero-order valence-corrected chi connectivity index (χ0v) is 11.2. The van der Waals surface area contributed by atoms with Crippen LogP contribution in [0.25, 0.3) is 0 Å². The molecule has 0 aliphatic heterocycles. The topological polar surface area (TPSA) is 122 Å². The molecular weight excluding hydrogens is 248 g/mol. The number of amides is 2. The Morgan fingerprint density at radius 2 is 1.95 bits per heavy atom. The van der Waals surface area contributed by atoms with Gasteiger partial charge in [0.25, 0.3) is 5.91 Å². The molecular formula is C11H18N6O2. The van der Waals surface area contributed by atoms with Crippen molar-refractivity contribution < 1.29 is 9.59 Å². The summed E-state index contributed by atoms with van der Waals surface area (Å²) >= 11 is 0. The van der Waals surface area contributed by atoms with Gasteiger partial charge in [-0.2, -0.15) is 0 Å². The molecule has 1 aromatic rings. The van der Waals surface area contributed by atoms with Crippen LogP contribution in [0.15, 0.2) is 12.4 Å². The van der Waals surface area contributed by atoms with E-state index in [9.17, 15) is 9.59 Å². The van der Waals surface area contributed by atoms with E-state index in [4.69, 9.17) is 5.84 Å². The van der Waals surface area contributed by atoms with Crippen LogP contribution in [-0.4, -0.2) is 33.9 Å².